The highest BCUT2D eigenvalue weighted by molar-refractivity contribution is 6.22. The first-order valence-corrected chi connectivity index (χ1v) is 9.60. The zero-order chi connectivity index (χ0) is 19.8. The summed E-state index contributed by atoms with van der Waals surface area (Å²) in [6.45, 7) is 1.36. The van der Waals surface area contributed by atoms with Gasteiger partial charge in [-0.25, -0.2) is 0 Å². The van der Waals surface area contributed by atoms with E-state index in [1.807, 2.05) is 0 Å². The summed E-state index contributed by atoms with van der Waals surface area (Å²) < 4.78 is 5.53. The van der Waals surface area contributed by atoms with Gasteiger partial charge in [-0.2, -0.15) is 0 Å². The van der Waals surface area contributed by atoms with Gasteiger partial charge in [0.05, 0.1) is 30.2 Å². The average Bonchev–Trinajstić information content (AvgIpc) is 3.39. The van der Waals surface area contributed by atoms with E-state index in [2.05, 4.69) is 0 Å². The Morgan fingerprint density at radius 2 is 1.89 bits per heavy atom. The zero-order valence-electron chi connectivity index (χ0n) is 15.4. The fraction of sp³-hybridized carbons (Fsp3) is 0.500. The number of hydrogen-bond acceptors (Lipinski definition) is 5. The topological polar surface area (TPSA) is 104 Å². The fourth-order valence-corrected chi connectivity index (χ4v) is 4.26. The lowest BCUT2D eigenvalue weighted by Crippen LogP contribution is -2.37. The predicted molar refractivity (Wildman–Crippen MR) is 97.1 cm³/mol. The lowest BCUT2D eigenvalue weighted by Gasteiger charge is -2.23. The van der Waals surface area contributed by atoms with E-state index in [9.17, 15) is 19.2 Å². The van der Waals surface area contributed by atoms with E-state index < -0.39 is 11.9 Å². The van der Waals surface area contributed by atoms with Crippen molar-refractivity contribution in [1.29, 1.82) is 0 Å². The average molecular weight is 386 g/mol. The molecule has 3 aliphatic rings. The number of carbonyl (C=O) groups excluding carboxylic acids is 3. The van der Waals surface area contributed by atoms with Crippen LogP contribution in [0.5, 0.6) is 0 Å². The Labute approximate surface area is 162 Å². The van der Waals surface area contributed by atoms with Crippen LogP contribution in [0.2, 0.25) is 0 Å². The summed E-state index contributed by atoms with van der Waals surface area (Å²) in [6.07, 6.45) is 2.90. The van der Waals surface area contributed by atoms with E-state index in [4.69, 9.17) is 9.84 Å². The van der Waals surface area contributed by atoms with Crippen LogP contribution in [-0.2, 0) is 9.53 Å². The molecule has 2 fully saturated rings. The zero-order valence-corrected chi connectivity index (χ0v) is 15.4. The van der Waals surface area contributed by atoms with E-state index in [1.54, 1.807) is 4.90 Å². The number of ether oxygens (including phenoxy) is 1. The summed E-state index contributed by atoms with van der Waals surface area (Å²) in [5, 5.41) is 9.05. The highest BCUT2D eigenvalue weighted by Gasteiger charge is 2.39. The molecular formula is C20H22N2O6. The Hall–Kier alpha value is -2.74. The minimum atomic E-state index is -0.941. The first-order chi connectivity index (χ1) is 13.5. The van der Waals surface area contributed by atoms with Crippen LogP contribution in [0.15, 0.2) is 18.2 Å². The van der Waals surface area contributed by atoms with Gasteiger partial charge in [-0.15, -0.1) is 0 Å². The molecule has 3 amide bonds. The lowest BCUT2D eigenvalue weighted by atomic mass is 10.0. The second-order valence-electron chi connectivity index (χ2n) is 7.51. The van der Waals surface area contributed by atoms with Crippen molar-refractivity contribution in [3.8, 4) is 0 Å². The van der Waals surface area contributed by atoms with Crippen molar-refractivity contribution >= 4 is 23.7 Å². The van der Waals surface area contributed by atoms with Gasteiger partial charge in [-0.05, 0) is 43.9 Å². The van der Waals surface area contributed by atoms with Crippen molar-refractivity contribution in [1.82, 2.24) is 9.80 Å². The number of carboxylic acids is 1. The minimum Gasteiger partial charge on any atom is -0.481 e. The molecule has 1 aromatic carbocycles. The maximum Gasteiger partial charge on any atom is 0.305 e. The molecule has 1 aromatic rings. The molecule has 0 aromatic heterocycles. The van der Waals surface area contributed by atoms with E-state index in [0.717, 1.165) is 19.3 Å². The number of carbonyl (C=O) groups is 4. The van der Waals surface area contributed by atoms with E-state index in [-0.39, 0.29) is 42.5 Å². The fourth-order valence-electron chi connectivity index (χ4n) is 4.26. The Kier molecular flexibility index (Phi) is 4.89. The number of aliphatic carboxylic acids is 1. The van der Waals surface area contributed by atoms with Gasteiger partial charge in [0.1, 0.15) is 0 Å². The summed E-state index contributed by atoms with van der Waals surface area (Å²) in [5.74, 6) is -2.01. The van der Waals surface area contributed by atoms with Gasteiger partial charge in [0.2, 0.25) is 0 Å². The van der Waals surface area contributed by atoms with Gasteiger partial charge in [0, 0.05) is 24.8 Å². The molecule has 3 aliphatic heterocycles. The van der Waals surface area contributed by atoms with E-state index >= 15 is 0 Å². The standard InChI is InChI=1S/C20H22N2O6/c23-17(24)10-13-3-1-7-21(13)18(25)12-5-6-15-16(9-12)20(27)22(19(15)26)11-14-4-2-8-28-14/h5-6,9,13-14H,1-4,7-8,10-11H2,(H,23,24). The van der Waals surface area contributed by atoms with Gasteiger partial charge in [0.25, 0.3) is 17.7 Å². The SMILES string of the molecule is O=C(O)CC1CCCN1C(=O)c1ccc2c(c1)C(=O)N(CC1CCCO1)C2=O. The van der Waals surface area contributed by atoms with Gasteiger partial charge in [-0.3, -0.25) is 24.1 Å². The first kappa shape index (κ1) is 18.6. The summed E-state index contributed by atoms with van der Waals surface area (Å²) in [5.41, 5.74) is 0.821. The summed E-state index contributed by atoms with van der Waals surface area (Å²) in [6, 6.07) is 4.17. The maximum absolute atomic E-state index is 12.9. The molecular weight excluding hydrogens is 364 g/mol. The number of rotatable bonds is 5. The van der Waals surface area contributed by atoms with Crippen molar-refractivity contribution in [2.45, 2.75) is 44.2 Å². The molecule has 0 aliphatic carbocycles. The molecule has 8 heteroatoms. The molecule has 2 unspecified atom stereocenters. The number of nitrogens with zero attached hydrogens (tertiary/aromatic N) is 2. The normalized spacial score (nSPS) is 24.1. The molecule has 0 spiro atoms. The van der Waals surface area contributed by atoms with Crippen LogP contribution in [-0.4, -0.2) is 70.4 Å². The third kappa shape index (κ3) is 3.28. The van der Waals surface area contributed by atoms with Crippen LogP contribution < -0.4 is 0 Å². The van der Waals surface area contributed by atoms with Crippen LogP contribution in [0.1, 0.15) is 63.2 Å². The third-order valence-corrected chi connectivity index (χ3v) is 5.68. The number of carboxylic acid groups (broad SMARTS) is 1. The molecule has 3 heterocycles. The van der Waals surface area contributed by atoms with Crippen LogP contribution in [0.25, 0.3) is 0 Å². The highest BCUT2D eigenvalue weighted by Crippen LogP contribution is 2.28. The molecule has 28 heavy (non-hydrogen) atoms. The lowest BCUT2D eigenvalue weighted by molar-refractivity contribution is -0.137. The van der Waals surface area contributed by atoms with Crippen LogP contribution in [0.3, 0.4) is 0 Å². The first-order valence-electron chi connectivity index (χ1n) is 9.60. The van der Waals surface area contributed by atoms with Crippen molar-refractivity contribution in [2.24, 2.45) is 0 Å². The van der Waals surface area contributed by atoms with Gasteiger partial charge in [0.15, 0.2) is 0 Å². The number of fused-ring (bicyclic) bond motifs is 1. The van der Waals surface area contributed by atoms with E-state index in [0.29, 0.717) is 30.7 Å². The summed E-state index contributed by atoms with van der Waals surface area (Å²) in [7, 11) is 0. The van der Waals surface area contributed by atoms with Gasteiger partial charge >= 0.3 is 5.97 Å². The Morgan fingerprint density at radius 1 is 1.11 bits per heavy atom. The molecule has 0 saturated carbocycles. The van der Waals surface area contributed by atoms with Crippen molar-refractivity contribution in [3.05, 3.63) is 34.9 Å². The maximum atomic E-state index is 12.9. The molecule has 8 nitrogen and oxygen atoms in total. The van der Waals surface area contributed by atoms with Crippen molar-refractivity contribution in [3.63, 3.8) is 0 Å². The molecule has 0 bridgehead atoms. The van der Waals surface area contributed by atoms with E-state index in [1.165, 1.54) is 23.1 Å². The molecule has 0 radical (unpaired) electrons. The van der Waals surface area contributed by atoms with Crippen LogP contribution in [0.4, 0.5) is 0 Å². The Bertz CT molecular complexity index is 845. The third-order valence-electron chi connectivity index (χ3n) is 5.68. The van der Waals surface area contributed by atoms with Crippen LogP contribution in [0, 0.1) is 0 Å². The number of imide groups is 1. The highest BCUT2D eigenvalue weighted by atomic mass is 16.5. The largest absolute Gasteiger partial charge is 0.481 e. The van der Waals surface area contributed by atoms with Gasteiger partial charge in [-0.1, -0.05) is 0 Å². The summed E-state index contributed by atoms with van der Waals surface area (Å²) >= 11 is 0. The predicted octanol–water partition coefficient (Wildman–Crippen LogP) is 1.54. The monoisotopic (exact) mass is 386 g/mol. The smallest absolute Gasteiger partial charge is 0.305 e. The quantitative estimate of drug-likeness (QED) is 0.770. The number of likely N-dealkylation sites (tertiary alicyclic amines) is 1. The molecule has 4 rings (SSSR count). The summed E-state index contributed by atoms with van der Waals surface area (Å²) in [4.78, 5) is 52.0. The van der Waals surface area contributed by atoms with Gasteiger partial charge < -0.3 is 14.7 Å². The Balaban J connectivity index is 1.54. The van der Waals surface area contributed by atoms with Crippen molar-refractivity contribution < 1.29 is 29.0 Å². The molecule has 2 atom stereocenters. The number of benzene rings is 1. The molecule has 2 saturated heterocycles. The second-order valence-corrected chi connectivity index (χ2v) is 7.51. The Morgan fingerprint density at radius 3 is 2.61 bits per heavy atom. The number of hydrogen-bond donors (Lipinski definition) is 1. The number of amides is 3. The van der Waals surface area contributed by atoms with Crippen molar-refractivity contribution in [2.75, 3.05) is 19.7 Å². The van der Waals surface area contributed by atoms with Crippen LogP contribution >= 0.6 is 0 Å². The molecule has 1 N–H and O–H groups in total. The molecule has 148 valence electrons. The second kappa shape index (κ2) is 7.35. The minimum absolute atomic E-state index is 0.0940.